The Bertz CT molecular complexity index is 352. The van der Waals surface area contributed by atoms with Crippen molar-refractivity contribution >= 4 is 11.4 Å². The first-order chi connectivity index (χ1) is 8.67. The molecule has 0 spiro atoms. The zero-order chi connectivity index (χ0) is 13.4. The van der Waals surface area contributed by atoms with E-state index in [4.69, 9.17) is 10.5 Å². The summed E-state index contributed by atoms with van der Waals surface area (Å²) in [5, 5.41) is 3.35. The number of nitrogens with two attached hydrogens (primary N) is 1. The number of anilines is 2. The van der Waals surface area contributed by atoms with Crippen molar-refractivity contribution in [2.75, 3.05) is 17.7 Å². The van der Waals surface area contributed by atoms with Crippen molar-refractivity contribution in [2.24, 2.45) is 0 Å². The Labute approximate surface area is 111 Å². The van der Waals surface area contributed by atoms with E-state index < -0.39 is 0 Å². The summed E-state index contributed by atoms with van der Waals surface area (Å²) in [5.41, 5.74) is 9.11. The normalized spacial score (nSPS) is 12.4. The van der Waals surface area contributed by atoms with Crippen LogP contribution in [0.3, 0.4) is 0 Å². The molecule has 1 rings (SSSR count). The fraction of sp³-hybridized carbons (Fsp3) is 0.600. The number of aryl methyl sites for hydroxylation is 1. The van der Waals surface area contributed by atoms with E-state index in [0.717, 1.165) is 43.7 Å². The van der Waals surface area contributed by atoms with Gasteiger partial charge in [0.25, 0.3) is 0 Å². The molecule has 0 amide bonds. The standard InChI is InChI=1S/C15H26N2O/c1-4-6-10-18-12(3)17-14-8-9-15(16)13(11-14)7-5-2/h8-9,11-12,17H,4-7,10,16H2,1-3H3. The van der Waals surface area contributed by atoms with E-state index in [1.165, 1.54) is 5.56 Å². The lowest BCUT2D eigenvalue weighted by Crippen LogP contribution is -2.19. The molecule has 0 aliphatic heterocycles. The van der Waals surface area contributed by atoms with Crippen molar-refractivity contribution in [3.05, 3.63) is 23.8 Å². The lowest BCUT2D eigenvalue weighted by molar-refractivity contribution is 0.0825. The maximum atomic E-state index is 5.95. The van der Waals surface area contributed by atoms with Gasteiger partial charge in [0, 0.05) is 18.0 Å². The first-order valence-electron chi connectivity index (χ1n) is 6.93. The molecule has 0 aliphatic rings. The fourth-order valence-corrected chi connectivity index (χ4v) is 1.86. The highest BCUT2D eigenvalue weighted by molar-refractivity contribution is 5.57. The molecule has 3 heteroatoms. The van der Waals surface area contributed by atoms with Crippen LogP contribution in [0.2, 0.25) is 0 Å². The van der Waals surface area contributed by atoms with Crippen molar-refractivity contribution in [1.29, 1.82) is 0 Å². The molecule has 1 unspecified atom stereocenters. The van der Waals surface area contributed by atoms with Gasteiger partial charge in [0.05, 0.1) is 0 Å². The van der Waals surface area contributed by atoms with Crippen molar-refractivity contribution in [2.45, 2.75) is 52.7 Å². The van der Waals surface area contributed by atoms with Gasteiger partial charge < -0.3 is 15.8 Å². The van der Waals surface area contributed by atoms with Gasteiger partial charge in [-0.25, -0.2) is 0 Å². The van der Waals surface area contributed by atoms with E-state index in [-0.39, 0.29) is 6.23 Å². The molecule has 0 saturated carbocycles. The van der Waals surface area contributed by atoms with Gasteiger partial charge >= 0.3 is 0 Å². The molecule has 3 nitrogen and oxygen atoms in total. The fourth-order valence-electron chi connectivity index (χ4n) is 1.86. The van der Waals surface area contributed by atoms with Crippen molar-refractivity contribution < 1.29 is 4.74 Å². The molecule has 3 N–H and O–H groups in total. The van der Waals surface area contributed by atoms with Crippen LogP contribution in [0.1, 0.15) is 45.6 Å². The largest absolute Gasteiger partial charge is 0.399 e. The Morgan fingerprint density at radius 2 is 2.06 bits per heavy atom. The van der Waals surface area contributed by atoms with Crippen LogP contribution >= 0.6 is 0 Å². The van der Waals surface area contributed by atoms with E-state index in [9.17, 15) is 0 Å². The molecule has 102 valence electrons. The molecule has 0 aliphatic carbocycles. The Morgan fingerprint density at radius 3 is 2.72 bits per heavy atom. The average Bonchev–Trinajstić information content (AvgIpc) is 2.34. The quantitative estimate of drug-likeness (QED) is 0.419. The Balaban J connectivity index is 2.53. The first kappa shape index (κ1) is 14.8. The van der Waals surface area contributed by atoms with Gasteiger partial charge in [-0.2, -0.15) is 0 Å². The lowest BCUT2D eigenvalue weighted by Gasteiger charge is -2.17. The van der Waals surface area contributed by atoms with Crippen LogP contribution in [0.15, 0.2) is 18.2 Å². The van der Waals surface area contributed by atoms with Crippen molar-refractivity contribution in [3.63, 3.8) is 0 Å². The van der Waals surface area contributed by atoms with Crippen molar-refractivity contribution in [1.82, 2.24) is 0 Å². The zero-order valence-electron chi connectivity index (χ0n) is 11.8. The molecule has 0 radical (unpaired) electrons. The third-order valence-corrected chi connectivity index (χ3v) is 2.90. The van der Waals surface area contributed by atoms with E-state index in [1.807, 2.05) is 19.1 Å². The number of unbranched alkanes of at least 4 members (excludes halogenated alkanes) is 1. The van der Waals surface area contributed by atoms with E-state index in [2.05, 4.69) is 25.2 Å². The van der Waals surface area contributed by atoms with Crippen LogP contribution in [0.4, 0.5) is 11.4 Å². The maximum Gasteiger partial charge on any atom is 0.124 e. The summed E-state index contributed by atoms with van der Waals surface area (Å²) >= 11 is 0. The number of hydrogen-bond acceptors (Lipinski definition) is 3. The van der Waals surface area contributed by atoms with E-state index in [0.29, 0.717) is 0 Å². The highest BCUT2D eigenvalue weighted by Crippen LogP contribution is 2.20. The molecule has 1 atom stereocenters. The lowest BCUT2D eigenvalue weighted by atomic mass is 10.1. The molecule has 1 aromatic rings. The van der Waals surface area contributed by atoms with Crippen molar-refractivity contribution in [3.8, 4) is 0 Å². The molecular formula is C15H26N2O. The van der Waals surface area contributed by atoms with Crippen LogP contribution in [0.25, 0.3) is 0 Å². The monoisotopic (exact) mass is 250 g/mol. The summed E-state index contributed by atoms with van der Waals surface area (Å²) in [6, 6.07) is 6.10. The highest BCUT2D eigenvalue weighted by Gasteiger charge is 2.04. The second-order valence-corrected chi connectivity index (χ2v) is 4.67. The number of benzene rings is 1. The minimum absolute atomic E-state index is 0.0367. The summed E-state index contributed by atoms with van der Waals surface area (Å²) in [5.74, 6) is 0. The molecule has 0 heterocycles. The molecule has 0 aromatic heterocycles. The Kier molecular flexibility index (Phi) is 6.58. The van der Waals surface area contributed by atoms with Gasteiger partial charge in [0.15, 0.2) is 0 Å². The third kappa shape index (κ3) is 4.96. The predicted molar refractivity (Wildman–Crippen MR) is 78.8 cm³/mol. The van der Waals surface area contributed by atoms with Crippen LogP contribution < -0.4 is 11.1 Å². The van der Waals surface area contributed by atoms with E-state index in [1.54, 1.807) is 0 Å². The molecule has 0 fully saturated rings. The van der Waals surface area contributed by atoms with Crippen LogP contribution in [-0.2, 0) is 11.2 Å². The second kappa shape index (κ2) is 7.98. The smallest absolute Gasteiger partial charge is 0.124 e. The number of nitrogen functional groups attached to an aromatic ring is 1. The topological polar surface area (TPSA) is 47.3 Å². The highest BCUT2D eigenvalue weighted by atomic mass is 16.5. The third-order valence-electron chi connectivity index (χ3n) is 2.90. The predicted octanol–water partition coefficient (Wildman–Crippen LogP) is 3.80. The summed E-state index contributed by atoms with van der Waals surface area (Å²) in [7, 11) is 0. The van der Waals surface area contributed by atoms with Gasteiger partial charge in [-0.05, 0) is 43.5 Å². The Hall–Kier alpha value is -1.22. The van der Waals surface area contributed by atoms with Gasteiger partial charge in [-0.1, -0.05) is 26.7 Å². The van der Waals surface area contributed by atoms with Crippen LogP contribution in [0, 0.1) is 0 Å². The molecular weight excluding hydrogens is 224 g/mol. The molecule has 1 aromatic carbocycles. The second-order valence-electron chi connectivity index (χ2n) is 4.67. The number of nitrogens with one attached hydrogen (secondary N) is 1. The van der Waals surface area contributed by atoms with Gasteiger partial charge in [-0.3, -0.25) is 0 Å². The van der Waals surface area contributed by atoms with Gasteiger partial charge in [-0.15, -0.1) is 0 Å². The average molecular weight is 250 g/mol. The minimum Gasteiger partial charge on any atom is -0.399 e. The summed E-state index contributed by atoms with van der Waals surface area (Å²) < 4.78 is 5.67. The first-order valence-corrected chi connectivity index (χ1v) is 6.93. The van der Waals surface area contributed by atoms with Crippen LogP contribution in [-0.4, -0.2) is 12.8 Å². The molecule has 18 heavy (non-hydrogen) atoms. The summed E-state index contributed by atoms with van der Waals surface area (Å²) in [4.78, 5) is 0. The van der Waals surface area contributed by atoms with Gasteiger partial charge in [0.1, 0.15) is 6.23 Å². The summed E-state index contributed by atoms with van der Waals surface area (Å²) in [6.07, 6.45) is 4.43. The number of hydrogen-bond donors (Lipinski definition) is 2. The Morgan fingerprint density at radius 1 is 1.28 bits per heavy atom. The SMILES string of the molecule is CCCCOC(C)Nc1ccc(N)c(CCC)c1. The zero-order valence-corrected chi connectivity index (χ0v) is 11.8. The van der Waals surface area contributed by atoms with E-state index >= 15 is 0 Å². The number of ether oxygens (including phenoxy) is 1. The van der Waals surface area contributed by atoms with Crippen LogP contribution in [0.5, 0.6) is 0 Å². The minimum atomic E-state index is 0.0367. The summed E-state index contributed by atoms with van der Waals surface area (Å²) in [6.45, 7) is 7.17. The number of rotatable bonds is 8. The maximum absolute atomic E-state index is 5.95. The molecule has 0 saturated heterocycles. The van der Waals surface area contributed by atoms with Gasteiger partial charge in [0.2, 0.25) is 0 Å². The molecule has 0 bridgehead atoms.